The topological polar surface area (TPSA) is 66.2 Å². The van der Waals surface area contributed by atoms with Crippen molar-refractivity contribution in [3.05, 3.63) is 22.6 Å². The molecule has 138 valence electrons. The van der Waals surface area contributed by atoms with E-state index < -0.39 is 0 Å². The van der Waals surface area contributed by atoms with Gasteiger partial charge in [0.15, 0.2) is 0 Å². The Hall–Kier alpha value is -1.86. The van der Waals surface area contributed by atoms with Gasteiger partial charge in [-0.15, -0.1) is 0 Å². The number of amides is 2. The zero-order valence-electron chi connectivity index (χ0n) is 15.3. The average Bonchev–Trinajstić information content (AvgIpc) is 2.87. The number of furan rings is 1. The summed E-state index contributed by atoms with van der Waals surface area (Å²) in [4.78, 5) is 31.1. The van der Waals surface area contributed by atoms with Crippen LogP contribution in [0.25, 0.3) is 0 Å². The summed E-state index contributed by atoms with van der Waals surface area (Å²) in [5.41, 5.74) is 1.58. The molecule has 3 heterocycles. The van der Waals surface area contributed by atoms with E-state index in [0.717, 1.165) is 24.4 Å². The summed E-state index contributed by atoms with van der Waals surface area (Å²) >= 11 is 0. The lowest BCUT2D eigenvalue weighted by atomic mass is 10.1. The zero-order valence-corrected chi connectivity index (χ0v) is 15.3. The Balaban J connectivity index is 1.54. The summed E-state index contributed by atoms with van der Waals surface area (Å²) in [6, 6.07) is 0. The second-order valence-corrected chi connectivity index (χ2v) is 6.78. The van der Waals surface area contributed by atoms with Gasteiger partial charge in [0.2, 0.25) is 5.91 Å². The second-order valence-electron chi connectivity index (χ2n) is 6.78. The van der Waals surface area contributed by atoms with Crippen LogP contribution in [0.2, 0.25) is 0 Å². The van der Waals surface area contributed by atoms with E-state index in [4.69, 9.17) is 9.15 Å². The van der Waals surface area contributed by atoms with Gasteiger partial charge >= 0.3 is 0 Å². The summed E-state index contributed by atoms with van der Waals surface area (Å²) < 4.78 is 10.9. The molecule has 0 spiro atoms. The first-order valence-electron chi connectivity index (χ1n) is 8.91. The number of morpholine rings is 1. The molecule has 2 aliphatic rings. The van der Waals surface area contributed by atoms with Gasteiger partial charge in [0.05, 0.1) is 25.3 Å². The van der Waals surface area contributed by atoms with E-state index in [2.05, 4.69) is 4.90 Å². The van der Waals surface area contributed by atoms with E-state index in [0.29, 0.717) is 57.3 Å². The van der Waals surface area contributed by atoms with Crippen LogP contribution in [0.15, 0.2) is 4.42 Å². The fraction of sp³-hybridized carbons (Fsp3) is 0.667. The summed E-state index contributed by atoms with van der Waals surface area (Å²) in [6.07, 6.45) is 0. The molecule has 2 aliphatic heterocycles. The fourth-order valence-electron chi connectivity index (χ4n) is 3.48. The lowest BCUT2D eigenvalue weighted by Crippen LogP contribution is -2.53. The van der Waals surface area contributed by atoms with Gasteiger partial charge in [0.1, 0.15) is 11.5 Å². The zero-order chi connectivity index (χ0) is 18.0. The van der Waals surface area contributed by atoms with Crippen LogP contribution in [0.5, 0.6) is 0 Å². The van der Waals surface area contributed by atoms with Gasteiger partial charge in [-0.3, -0.25) is 14.5 Å². The number of hydrogen-bond acceptors (Lipinski definition) is 5. The van der Waals surface area contributed by atoms with Crippen LogP contribution in [0.3, 0.4) is 0 Å². The molecule has 0 atom stereocenters. The molecule has 0 radical (unpaired) electrons. The Bertz CT molecular complexity index is 641. The van der Waals surface area contributed by atoms with E-state index in [9.17, 15) is 9.59 Å². The highest BCUT2D eigenvalue weighted by Gasteiger charge is 2.29. The van der Waals surface area contributed by atoms with Gasteiger partial charge in [0, 0.05) is 44.8 Å². The minimum atomic E-state index is 0.00660. The molecule has 7 nitrogen and oxygen atoms in total. The molecule has 0 aromatic carbocycles. The standard InChI is InChI=1S/C18H27N3O4/c1-13-14(2)25-15(3)17(13)18(23)21-6-4-20(5-7-21)16(22)12-19-8-10-24-11-9-19/h4-12H2,1-3H3. The molecule has 0 aliphatic carbocycles. The van der Waals surface area contributed by atoms with Crippen molar-refractivity contribution < 1.29 is 18.7 Å². The summed E-state index contributed by atoms with van der Waals surface area (Å²) in [6.45, 7) is 11.4. The van der Waals surface area contributed by atoms with Gasteiger partial charge in [-0.05, 0) is 20.8 Å². The van der Waals surface area contributed by atoms with Gasteiger partial charge in [0.25, 0.3) is 5.91 Å². The molecule has 25 heavy (non-hydrogen) atoms. The smallest absolute Gasteiger partial charge is 0.257 e. The number of rotatable bonds is 3. The average molecular weight is 349 g/mol. The third-order valence-electron chi connectivity index (χ3n) is 5.16. The molecular weight excluding hydrogens is 322 g/mol. The Morgan fingerprint density at radius 1 is 0.880 bits per heavy atom. The van der Waals surface area contributed by atoms with E-state index in [-0.39, 0.29) is 11.8 Å². The first kappa shape index (κ1) is 17.9. The van der Waals surface area contributed by atoms with Gasteiger partial charge in [-0.25, -0.2) is 0 Å². The van der Waals surface area contributed by atoms with E-state index in [1.165, 1.54) is 0 Å². The Morgan fingerprint density at radius 3 is 2.04 bits per heavy atom. The molecule has 1 aromatic heterocycles. The minimum absolute atomic E-state index is 0.00660. The molecular formula is C18H27N3O4. The molecule has 0 bridgehead atoms. The number of carbonyl (C=O) groups excluding carboxylic acids is 2. The third-order valence-corrected chi connectivity index (χ3v) is 5.16. The summed E-state index contributed by atoms with van der Waals surface area (Å²) in [5.74, 6) is 1.61. The van der Waals surface area contributed by atoms with Crippen LogP contribution in [0.4, 0.5) is 0 Å². The Kier molecular flexibility index (Phi) is 5.44. The number of nitrogens with zero attached hydrogens (tertiary/aromatic N) is 3. The largest absolute Gasteiger partial charge is 0.466 e. The SMILES string of the molecule is Cc1oc(C)c(C(=O)N2CCN(C(=O)CN3CCOCC3)CC2)c1C. The maximum Gasteiger partial charge on any atom is 0.257 e. The lowest BCUT2D eigenvalue weighted by molar-refractivity contribution is -0.134. The summed E-state index contributed by atoms with van der Waals surface area (Å²) in [5, 5.41) is 0. The van der Waals surface area contributed by atoms with Crippen LogP contribution in [-0.4, -0.2) is 85.5 Å². The van der Waals surface area contributed by atoms with Gasteiger partial charge in [-0.1, -0.05) is 0 Å². The quantitative estimate of drug-likeness (QED) is 0.808. The van der Waals surface area contributed by atoms with E-state index in [1.807, 2.05) is 30.6 Å². The van der Waals surface area contributed by atoms with Crippen LogP contribution in [0, 0.1) is 20.8 Å². The Morgan fingerprint density at radius 2 is 1.48 bits per heavy atom. The molecule has 2 amide bonds. The summed E-state index contributed by atoms with van der Waals surface area (Å²) in [7, 11) is 0. The highest BCUT2D eigenvalue weighted by atomic mass is 16.5. The maximum atomic E-state index is 12.8. The van der Waals surface area contributed by atoms with Gasteiger partial charge in [-0.2, -0.15) is 0 Å². The van der Waals surface area contributed by atoms with Crippen LogP contribution < -0.4 is 0 Å². The van der Waals surface area contributed by atoms with Crippen molar-refractivity contribution in [2.75, 3.05) is 59.0 Å². The van der Waals surface area contributed by atoms with Crippen LogP contribution in [-0.2, 0) is 9.53 Å². The van der Waals surface area contributed by atoms with Crippen molar-refractivity contribution in [3.63, 3.8) is 0 Å². The van der Waals surface area contributed by atoms with Crippen molar-refractivity contribution in [1.82, 2.24) is 14.7 Å². The number of ether oxygens (including phenoxy) is 1. The van der Waals surface area contributed by atoms with Crippen LogP contribution >= 0.6 is 0 Å². The third kappa shape index (κ3) is 3.88. The van der Waals surface area contributed by atoms with Crippen LogP contribution in [0.1, 0.15) is 27.4 Å². The predicted octanol–water partition coefficient (Wildman–Crippen LogP) is 0.821. The van der Waals surface area contributed by atoms with Crippen molar-refractivity contribution >= 4 is 11.8 Å². The van der Waals surface area contributed by atoms with Gasteiger partial charge < -0.3 is 19.0 Å². The molecule has 1 aromatic rings. The highest BCUT2D eigenvalue weighted by molar-refractivity contribution is 5.97. The number of aryl methyl sites for hydroxylation is 2. The first-order chi connectivity index (χ1) is 12.0. The van der Waals surface area contributed by atoms with Crippen molar-refractivity contribution in [2.45, 2.75) is 20.8 Å². The Labute approximate surface area is 148 Å². The molecule has 2 saturated heterocycles. The molecule has 2 fully saturated rings. The van der Waals surface area contributed by atoms with E-state index in [1.54, 1.807) is 0 Å². The number of hydrogen-bond donors (Lipinski definition) is 0. The van der Waals surface area contributed by atoms with Crippen molar-refractivity contribution in [1.29, 1.82) is 0 Å². The normalized spacial score (nSPS) is 19.3. The second kappa shape index (κ2) is 7.58. The van der Waals surface area contributed by atoms with E-state index >= 15 is 0 Å². The lowest BCUT2D eigenvalue weighted by Gasteiger charge is -2.36. The van der Waals surface area contributed by atoms with Crippen molar-refractivity contribution in [3.8, 4) is 0 Å². The van der Waals surface area contributed by atoms with Crippen molar-refractivity contribution in [2.24, 2.45) is 0 Å². The molecule has 0 unspecified atom stereocenters. The molecule has 3 rings (SSSR count). The highest BCUT2D eigenvalue weighted by Crippen LogP contribution is 2.23. The molecule has 0 N–H and O–H groups in total. The molecule has 7 heteroatoms. The monoisotopic (exact) mass is 349 g/mol. The predicted molar refractivity (Wildman–Crippen MR) is 92.7 cm³/mol. The maximum absolute atomic E-state index is 12.8. The fourth-order valence-corrected chi connectivity index (χ4v) is 3.48. The molecule has 0 saturated carbocycles. The minimum Gasteiger partial charge on any atom is -0.466 e. The number of piperazine rings is 1. The number of carbonyl (C=O) groups is 2. The first-order valence-corrected chi connectivity index (χ1v) is 8.91.